The number of fused-ring (bicyclic) bond motifs is 1. The van der Waals surface area contributed by atoms with Gasteiger partial charge in [-0.1, -0.05) is 12.1 Å². The van der Waals surface area contributed by atoms with Crippen LogP contribution in [0.25, 0.3) is 28.0 Å². The Bertz CT molecular complexity index is 1300. The molecule has 0 saturated carbocycles. The molecule has 0 bridgehead atoms. The second-order valence-corrected chi connectivity index (χ2v) is 6.70. The van der Waals surface area contributed by atoms with E-state index in [0.717, 1.165) is 0 Å². The van der Waals surface area contributed by atoms with Crippen molar-refractivity contribution in [2.75, 3.05) is 18.5 Å². The predicted molar refractivity (Wildman–Crippen MR) is 111 cm³/mol. The molecule has 30 heavy (non-hydrogen) atoms. The van der Waals surface area contributed by atoms with Crippen molar-refractivity contribution >= 4 is 17.0 Å². The van der Waals surface area contributed by atoms with Crippen molar-refractivity contribution in [3.05, 3.63) is 82.1 Å². The molecule has 8 heteroatoms. The van der Waals surface area contributed by atoms with Crippen LogP contribution in [0, 0.1) is 18.6 Å². The third kappa shape index (κ3) is 3.53. The molecular formula is C22H18F2N4O2. The summed E-state index contributed by atoms with van der Waals surface area (Å²) in [6.45, 7) is 1.78. The fraction of sp³-hybridized carbons (Fsp3) is 0.136. The van der Waals surface area contributed by atoms with Crippen LogP contribution in [0.4, 0.5) is 14.7 Å². The third-order valence-electron chi connectivity index (χ3n) is 4.68. The summed E-state index contributed by atoms with van der Waals surface area (Å²) in [5.74, 6) is -0.794. The van der Waals surface area contributed by atoms with Gasteiger partial charge in [0, 0.05) is 23.6 Å². The van der Waals surface area contributed by atoms with E-state index < -0.39 is 11.4 Å². The van der Waals surface area contributed by atoms with E-state index in [9.17, 15) is 13.6 Å². The van der Waals surface area contributed by atoms with Crippen LogP contribution in [0.2, 0.25) is 0 Å². The maximum atomic E-state index is 14.5. The van der Waals surface area contributed by atoms with Crippen molar-refractivity contribution in [2.24, 2.45) is 0 Å². The van der Waals surface area contributed by atoms with E-state index in [0.29, 0.717) is 22.2 Å². The van der Waals surface area contributed by atoms with Crippen LogP contribution in [-0.2, 0) is 0 Å². The first-order chi connectivity index (χ1) is 14.5. The molecule has 0 atom stereocenters. The van der Waals surface area contributed by atoms with Crippen molar-refractivity contribution in [2.45, 2.75) is 6.92 Å². The van der Waals surface area contributed by atoms with Gasteiger partial charge in [-0.2, -0.15) is 4.98 Å². The number of hydrogen-bond acceptors (Lipinski definition) is 5. The topological polar surface area (TPSA) is 80.0 Å². The molecule has 4 rings (SSSR count). The fourth-order valence-electron chi connectivity index (χ4n) is 3.33. The highest BCUT2D eigenvalue weighted by molar-refractivity contribution is 5.92. The number of benzene rings is 2. The minimum Gasteiger partial charge on any atom is -0.395 e. The minimum atomic E-state index is -0.574. The van der Waals surface area contributed by atoms with E-state index in [-0.39, 0.29) is 36.3 Å². The van der Waals surface area contributed by atoms with Crippen molar-refractivity contribution in [1.82, 2.24) is 14.5 Å². The molecule has 0 fully saturated rings. The summed E-state index contributed by atoms with van der Waals surface area (Å²) >= 11 is 0. The summed E-state index contributed by atoms with van der Waals surface area (Å²) in [6.07, 6.45) is 0. The third-order valence-corrected chi connectivity index (χ3v) is 4.68. The largest absolute Gasteiger partial charge is 0.395 e. The number of rotatable bonds is 5. The van der Waals surface area contributed by atoms with Gasteiger partial charge in [-0.3, -0.25) is 9.36 Å². The van der Waals surface area contributed by atoms with E-state index in [1.54, 1.807) is 25.1 Å². The van der Waals surface area contributed by atoms with E-state index in [1.807, 2.05) is 0 Å². The lowest BCUT2D eigenvalue weighted by Gasteiger charge is -2.15. The molecule has 0 unspecified atom stereocenters. The molecule has 0 aliphatic carbocycles. The minimum absolute atomic E-state index is 0.0571. The number of nitrogens with one attached hydrogen (secondary N) is 1. The quantitative estimate of drug-likeness (QED) is 0.529. The van der Waals surface area contributed by atoms with Crippen molar-refractivity contribution in [3.63, 3.8) is 0 Å². The zero-order valence-corrected chi connectivity index (χ0v) is 16.1. The zero-order valence-electron chi connectivity index (χ0n) is 16.1. The second-order valence-electron chi connectivity index (χ2n) is 6.70. The van der Waals surface area contributed by atoms with Gasteiger partial charge >= 0.3 is 0 Å². The molecule has 0 spiro atoms. The standard InChI is InChI=1S/C22H18F2N4O2/c1-13-12-14(23)6-7-15(13)20-16-8-9-19(30)28(18-5-3-2-4-17(18)24)21(16)27-22(26-20)25-10-11-29/h2-9,12,29H,10-11H2,1H3,(H,25,26,27). The Morgan fingerprint density at radius 2 is 1.87 bits per heavy atom. The normalized spacial score (nSPS) is 11.1. The number of nitrogens with zero attached hydrogens (tertiary/aromatic N) is 3. The number of hydrogen-bond donors (Lipinski definition) is 2. The summed E-state index contributed by atoms with van der Waals surface area (Å²) in [4.78, 5) is 21.6. The van der Waals surface area contributed by atoms with Crippen LogP contribution >= 0.6 is 0 Å². The second kappa shape index (κ2) is 8.00. The van der Waals surface area contributed by atoms with Crippen LogP contribution < -0.4 is 10.9 Å². The lowest BCUT2D eigenvalue weighted by molar-refractivity contribution is 0.311. The molecule has 4 aromatic rings. The molecule has 2 aromatic heterocycles. The van der Waals surface area contributed by atoms with Gasteiger partial charge in [0.05, 0.1) is 18.0 Å². The molecule has 2 aromatic carbocycles. The molecule has 0 saturated heterocycles. The van der Waals surface area contributed by atoms with Gasteiger partial charge in [-0.15, -0.1) is 0 Å². The lowest BCUT2D eigenvalue weighted by Crippen LogP contribution is -2.20. The average molecular weight is 408 g/mol. The van der Waals surface area contributed by atoms with E-state index in [1.165, 1.54) is 41.0 Å². The van der Waals surface area contributed by atoms with Gasteiger partial charge in [0.25, 0.3) is 5.56 Å². The van der Waals surface area contributed by atoms with Crippen LogP contribution in [0.1, 0.15) is 5.56 Å². The number of aromatic nitrogens is 3. The zero-order chi connectivity index (χ0) is 21.3. The molecule has 152 valence electrons. The smallest absolute Gasteiger partial charge is 0.256 e. The van der Waals surface area contributed by atoms with Crippen LogP contribution in [0.5, 0.6) is 0 Å². The lowest BCUT2D eigenvalue weighted by atomic mass is 10.0. The van der Waals surface area contributed by atoms with Crippen molar-refractivity contribution < 1.29 is 13.9 Å². The van der Waals surface area contributed by atoms with Crippen LogP contribution in [0.15, 0.2) is 59.4 Å². The van der Waals surface area contributed by atoms with Gasteiger partial charge < -0.3 is 10.4 Å². The Hall–Kier alpha value is -3.65. The Balaban J connectivity index is 2.09. The first-order valence-corrected chi connectivity index (χ1v) is 9.29. The van der Waals surface area contributed by atoms with E-state index in [2.05, 4.69) is 15.3 Å². The van der Waals surface area contributed by atoms with Crippen LogP contribution in [-0.4, -0.2) is 32.8 Å². The number of halogens is 2. The molecule has 0 radical (unpaired) electrons. The van der Waals surface area contributed by atoms with Gasteiger partial charge in [0.1, 0.15) is 11.6 Å². The number of pyridine rings is 1. The highest BCUT2D eigenvalue weighted by Crippen LogP contribution is 2.30. The molecule has 6 nitrogen and oxygen atoms in total. The maximum absolute atomic E-state index is 14.5. The predicted octanol–water partition coefficient (Wildman–Crippen LogP) is 3.44. The number of aliphatic hydroxyl groups is 1. The van der Waals surface area contributed by atoms with Gasteiger partial charge in [-0.25, -0.2) is 13.8 Å². The summed E-state index contributed by atoms with van der Waals surface area (Å²) < 4.78 is 29.4. The summed E-state index contributed by atoms with van der Waals surface area (Å²) in [7, 11) is 0. The average Bonchev–Trinajstić information content (AvgIpc) is 2.72. The highest BCUT2D eigenvalue weighted by atomic mass is 19.1. The summed E-state index contributed by atoms with van der Waals surface area (Å²) in [6, 6.07) is 13.1. The Kier molecular flexibility index (Phi) is 5.24. The van der Waals surface area contributed by atoms with Gasteiger partial charge in [-0.05, 0) is 48.9 Å². The van der Waals surface area contributed by atoms with Crippen LogP contribution in [0.3, 0.4) is 0 Å². The van der Waals surface area contributed by atoms with Crippen molar-refractivity contribution in [3.8, 4) is 16.9 Å². The molecule has 2 N–H and O–H groups in total. The first kappa shape index (κ1) is 19.7. The molecule has 0 aliphatic heterocycles. The number of para-hydroxylation sites is 1. The molecule has 2 heterocycles. The monoisotopic (exact) mass is 408 g/mol. The van der Waals surface area contributed by atoms with Crippen molar-refractivity contribution in [1.29, 1.82) is 0 Å². The number of aliphatic hydroxyl groups excluding tert-OH is 1. The Labute approximate surface area is 170 Å². The summed E-state index contributed by atoms with van der Waals surface area (Å²) in [5, 5.41) is 12.5. The van der Waals surface area contributed by atoms with Gasteiger partial charge in [0.15, 0.2) is 5.65 Å². The number of aryl methyl sites for hydroxylation is 1. The molecule has 0 amide bonds. The highest BCUT2D eigenvalue weighted by Gasteiger charge is 2.17. The Morgan fingerprint density at radius 1 is 1.07 bits per heavy atom. The first-order valence-electron chi connectivity index (χ1n) is 9.29. The molecular weight excluding hydrogens is 390 g/mol. The maximum Gasteiger partial charge on any atom is 0.256 e. The Morgan fingerprint density at radius 3 is 2.60 bits per heavy atom. The van der Waals surface area contributed by atoms with Gasteiger partial charge in [0.2, 0.25) is 5.95 Å². The summed E-state index contributed by atoms with van der Waals surface area (Å²) in [5.41, 5.74) is 1.55. The van der Waals surface area contributed by atoms with E-state index in [4.69, 9.17) is 5.11 Å². The number of anilines is 1. The molecule has 0 aliphatic rings. The van der Waals surface area contributed by atoms with E-state index >= 15 is 0 Å². The fourth-order valence-corrected chi connectivity index (χ4v) is 3.33. The SMILES string of the molecule is Cc1cc(F)ccc1-c1nc(NCCO)nc2c1ccc(=O)n2-c1ccccc1F.